The van der Waals surface area contributed by atoms with Crippen molar-refractivity contribution in [3.05, 3.63) is 112 Å². The molecular weight excluding hydrogens is 564 g/mol. The van der Waals surface area contributed by atoms with E-state index in [1.165, 1.54) is 22.3 Å². The van der Waals surface area contributed by atoms with Crippen molar-refractivity contribution in [2.75, 3.05) is 33.7 Å². The van der Waals surface area contributed by atoms with Crippen LogP contribution < -0.4 is 14.2 Å². The van der Waals surface area contributed by atoms with Crippen molar-refractivity contribution in [3.8, 4) is 17.2 Å². The van der Waals surface area contributed by atoms with Gasteiger partial charge in [-0.15, -0.1) is 0 Å². The van der Waals surface area contributed by atoms with Crippen LogP contribution >= 0.6 is 0 Å². The third-order valence-electron chi connectivity index (χ3n) is 7.55. The number of aliphatic imine (C=N–C) groups is 2. The summed E-state index contributed by atoms with van der Waals surface area (Å²) in [6.45, 7) is 8.43. The number of methoxy groups -OCH3 is 1. The molecule has 1 atom stereocenters. The van der Waals surface area contributed by atoms with Crippen LogP contribution in [-0.4, -0.2) is 52.3 Å². The quantitative estimate of drug-likeness (QED) is 0.0558. The fourth-order valence-corrected chi connectivity index (χ4v) is 4.95. The van der Waals surface area contributed by atoms with Crippen molar-refractivity contribution in [2.24, 2.45) is 9.98 Å². The van der Waals surface area contributed by atoms with Crippen LogP contribution in [0.25, 0.3) is 0 Å². The third-order valence-corrected chi connectivity index (χ3v) is 7.55. The van der Waals surface area contributed by atoms with Gasteiger partial charge in [0.25, 0.3) is 0 Å². The molecule has 0 bridgehead atoms. The number of hydrogen-bond acceptors (Lipinski definition) is 7. The molecule has 0 spiro atoms. The summed E-state index contributed by atoms with van der Waals surface area (Å²) in [4.78, 5) is 9.63. The standard InChI is InChI=1S/C38H42N2O5/c1-5-31-18-27(11-14-35(31)39-22-29-9-8-10-33(20-29)43-24-34-25-44-34)17-28-12-15-36(32(6-2)19-28)40-23-30-13-16-37(38(21-30)41-4)45-26-42-7-3/h8-16,18-23,34H,5-7,17,24-26H2,1-4H3/b39-22+,40-23+. The topological polar surface area (TPSA) is 74.2 Å². The van der Waals surface area contributed by atoms with E-state index in [1.807, 2.05) is 61.8 Å². The van der Waals surface area contributed by atoms with Gasteiger partial charge in [0, 0.05) is 19.0 Å². The second-order valence-electron chi connectivity index (χ2n) is 10.8. The normalized spacial score (nSPS) is 14.3. The first-order valence-corrected chi connectivity index (χ1v) is 15.6. The number of aryl methyl sites for hydroxylation is 2. The van der Waals surface area contributed by atoms with Gasteiger partial charge in [0.05, 0.1) is 25.1 Å². The van der Waals surface area contributed by atoms with Crippen molar-refractivity contribution in [1.82, 2.24) is 0 Å². The maximum absolute atomic E-state index is 5.82. The summed E-state index contributed by atoms with van der Waals surface area (Å²) in [5.74, 6) is 2.12. The lowest BCUT2D eigenvalue weighted by atomic mass is 9.98. The van der Waals surface area contributed by atoms with Crippen LogP contribution in [0.1, 0.15) is 54.2 Å². The lowest BCUT2D eigenvalue weighted by Crippen LogP contribution is -2.04. The number of ether oxygens (including phenoxy) is 5. The Morgan fingerprint density at radius 2 is 1.42 bits per heavy atom. The van der Waals surface area contributed by atoms with E-state index in [0.717, 1.165) is 54.1 Å². The molecule has 0 aromatic heterocycles. The zero-order valence-corrected chi connectivity index (χ0v) is 26.6. The Morgan fingerprint density at radius 1 is 0.756 bits per heavy atom. The summed E-state index contributed by atoms with van der Waals surface area (Å²) < 4.78 is 27.5. The van der Waals surface area contributed by atoms with Gasteiger partial charge in [0.15, 0.2) is 18.3 Å². The molecule has 4 aromatic carbocycles. The molecule has 1 fully saturated rings. The first kappa shape index (κ1) is 31.9. The SMILES string of the molecule is CCOCOc1ccc(/C=N/c2ccc(Cc3ccc(/N=C/c4cccc(OCC5CO5)c4)c(CC)c3)cc2CC)cc1OC. The van der Waals surface area contributed by atoms with Gasteiger partial charge in [0.1, 0.15) is 18.5 Å². The first-order chi connectivity index (χ1) is 22.1. The Hall–Kier alpha value is -4.46. The van der Waals surface area contributed by atoms with E-state index in [1.54, 1.807) is 7.11 Å². The van der Waals surface area contributed by atoms with E-state index in [-0.39, 0.29) is 12.9 Å². The van der Waals surface area contributed by atoms with E-state index >= 15 is 0 Å². The highest BCUT2D eigenvalue weighted by Crippen LogP contribution is 2.29. The van der Waals surface area contributed by atoms with Crippen molar-refractivity contribution in [3.63, 3.8) is 0 Å². The average Bonchev–Trinajstić information content (AvgIpc) is 3.91. The lowest BCUT2D eigenvalue weighted by Gasteiger charge is -2.11. The smallest absolute Gasteiger partial charge is 0.189 e. The Balaban J connectivity index is 1.24. The summed E-state index contributed by atoms with van der Waals surface area (Å²) in [6.07, 6.45) is 6.65. The van der Waals surface area contributed by atoms with Gasteiger partial charge in [-0.05, 0) is 102 Å². The zero-order valence-electron chi connectivity index (χ0n) is 26.6. The number of rotatable bonds is 16. The predicted molar refractivity (Wildman–Crippen MR) is 181 cm³/mol. The molecule has 1 saturated heterocycles. The van der Waals surface area contributed by atoms with E-state index in [4.69, 9.17) is 33.7 Å². The molecule has 1 aliphatic rings. The largest absolute Gasteiger partial charge is 0.493 e. The molecule has 1 unspecified atom stereocenters. The minimum absolute atomic E-state index is 0.187. The van der Waals surface area contributed by atoms with Crippen molar-refractivity contribution >= 4 is 23.8 Å². The van der Waals surface area contributed by atoms with Gasteiger partial charge in [0.2, 0.25) is 0 Å². The molecule has 234 valence electrons. The molecule has 45 heavy (non-hydrogen) atoms. The van der Waals surface area contributed by atoms with E-state index in [9.17, 15) is 0 Å². The van der Waals surface area contributed by atoms with Gasteiger partial charge >= 0.3 is 0 Å². The summed E-state index contributed by atoms with van der Waals surface area (Å²) in [5.41, 5.74) is 8.85. The maximum Gasteiger partial charge on any atom is 0.189 e. The number of hydrogen-bond donors (Lipinski definition) is 0. The molecular formula is C38H42N2O5. The minimum atomic E-state index is 0.187. The van der Waals surface area contributed by atoms with Gasteiger partial charge in [-0.1, -0.05) is 50.2 Å². The molecule has 0 saturated carbocycles. The van der Waals surface area contributed by atoms with Crippen molar-refractivity contribution in [2.45, 2.75) is 46.1 Å². The van der Waals surface area contributed by atoms with E-state index < -0.39 is 0 Å². The molecule has 7 heteroatoms. The maximum atomic E-state index is 5.82. The molecule has 1 aliphatic heterocycles. The second kappa shape index (κ2) is 16.0. The molecule has 4 aromatic rings. The molecule has 0 amide bonds. The Bertz CT molecular complexity index is 1630. The molecule has 0 radical (unpaired) electrons. The zero-order chi connectivity index (χ0) is 31.4. The van der Waals surface area contributed by atoms with Crippen LogP contribution in [0.4, 0.5) is 11.4 Å². The predicted octanol–water partition coefficient (Wildman–Crippen LogP) is 8.06. The fraction of sp³-hybridized carbons (Fsp3) is 0.316. The number of nitrogens with zero attached hydrogens (tertiary/aromatic N) is 2. The lowest BCUT2D eigenvalue weighted by molar-refractivity contribution is 0.0209. The minimum Gasteiger partial charge on any atom is -0.493 e. The van der Waals surface area contributed by atoms with Gasteiger partial charge in [-0.25, -0.2) is 0 Å². The van der Waals surface area contributed by atoms with Crippen LogP contribution in [0.5, 0.6) is 17.2 Å². The van der Waals surface area contributed by atoms with Gasteiger partial charge < -0.3 is 23.7 Å². The average molecular weight is 607 g/mol. The Kier molecular flexibility index (Phi) is 11.4. The first-order valence-electron chi connectivity index (χ1n) is 15.6. The van der Waals surface area contributed by atoms with Crippen LogP contribution in [0.2, 0.25) is 0 Å². The molecule has 5 rings (SSSR count). The summed E-state index contributed by atoms with van der Waals surface area (Å²) in [6, 6.07) is 26.9. The highest BCUT2D eigenvalue weighted by Gasteiger charge is 2.23. The number of epoxide rings is 1. The molecule has 1 heterocycles. The highest BCUT2D eigenvalue weighted by atomic mass is 16.7. The molecule has 0 N–H and O–H groups in total. The monoisotopic (exact) mass is 606 g/mol. The van der Waals surface area contributed by atoms with Gasteiger partial charge in [-0.3, -0.25) is 9.98 Å². The summed E-state index contributed by atoms with van der Waals surface area (Å²) >= 11 is 0. The third kappa shape index (κ3) is 9.27. The van der Waals surface area contributed by atoms with Crippen molar-refractivity contribution in [1.29, 1.82) is 0 Å². The van der Waals surface area contributed by atoms with Crippen LogP contribution in [-0.2, 0) is 28.7 Å². The summed E-state index contributed by atoms with van der Waals surface area (Å²) in [5, 5.41) is 0. The Morgan fingerprint density at radius 3 is 2.02 bits per heavy atom. The van der Waals surface area contributed by atoms with Crippen LogP contribution in [0.15, 0.2) is 88.8 Å². The van der Waals surface area contributed by atoms with Gasteiger partial charge in [-0.2, -0.15) is 0 Å². The Labute approximate surface area is 266 Å². The van der Waals surface area contributed by atoms with Crippen LogP contribution in [0.3, 0.4) is 0 Å². The highest BCUT2D eigenvalue weighted by molar-refractivity contribution is 5.84. The van der Waals surface area contributed by atoms with Crippen molar-refractivity contribution < 1.29 is 23.7 Å². The second-order valence-corrected chi connectivity index (χ2v) is 10.8. The van der Waals surface area contributed by atoms with Crippen LogP contribution in [0, 0.1) is 0 Å². The molecule has 7 nitrogen and oxygen atoms in total. The molecule has 0 aliphatic carbocycles. The number of benzene rings is 4. The fourth-order valence-electron chi connectivity index (χ4n) is 4.95. The van der Waals surface area contributed by atoms with E-state index in [0.29, 0.717) is 24.7 Å². The van der Waals surface area contributed by atoms with E-state index in [2.05, 4.69) is 50.2 Å². The summed E-state index contributed by atoms with van der Waals surface area (Å²) in [7, 11) is 1.63.